The molecule has 0 bridgehead atoms. The Balaban J connectivity index is 2.71. The minimum absolute atomic E-state index is 0.0397. The molecule has 5 heteroatoms. The highest BCUT2D eigenvalue weighted by Crippen LogP contribution is 2.07. The van der Waals surface area contributed by atoms with Crippen LogP contribution in [0.25, 0.3) is 0 Å². The summed E-state index contributed by atoms with van der Waals surface area (Å²) in [6.45, 7) is 11.3. The summed E-state index contributed by atoms with van der Waals surface area (Å²) in [5, 5.41) is 9.50. The molecule has 0 unspecified atom stereocenters. The lowest BCUT2D eigenvalue weighted by atomic mass is 10.0. The Labute approximate surface area is 146 Å². The molecule has 0 aliphatic rings. The van der Waals surface area contributed by atoms with E-state index in [9.17, 15) is 4.79 Å². The molecule has 0 aromatic heterocycles. The van der Waals surface area contributed by atoms with Gasteiger partial charge in [-0.25, -0.2) is 4.99 Å². The van der Waals surface area contributed by atoms with Crippen LogP contribution in [0.15, 0.2) is 29.3 Å². The van der Waals surface area contributed by atoms with Crippen LogP contribution in [0.2, 0.25) is 0 Å². The maximum absolute atomic E-state index is 11.9. The molecule has 1 amide bonds. The van der Waals surface area contributed by atoms with E-state index in [1.54, 1.807) is 0 Å². The van der Waals surface area contributed by atoms with Gasteiger partial charge in [0.1, 0.15) is 0 Å². The zero-order valence-electron chi connectivity index (χ0n) is 15.5. The van der Waals surface area contributed by atoms with Gasteiger partial charge in [0.05, 0.1) is 6.54 Å². The molecular formula is C19H32N4O. The highest BCUT2D eigenvalue weighted by molar-refractivity contribution is 5.94. The average molecular weight is 332 g/mol. The lowest BCUT2D eigenvalue weighted by Gasteiger charge is -2.16. The number of carbonyl (C=O) groups is 1. The fourth-order valence-corrected chi connectivity index (χ4v) is 2.40. The molecule has 134 valence electrons. The molecule has 24 heavy (non-hydrogen) atoms. The fourth-order valence-electron chi connectivity index (χ4n) is 2.40. The second-order valence-corrected chi connectivity index (χ2v) is 5.82. The lowest BCUT2D eigenvalue weighted by molar-refractivity contribution is 0.0955. The summed E-state index contributed by atoms with van der Waals surface area (Å²) in [6.07, 6.45) is 2.33. The monoisotopic (exact) mass is 332 g/mol. The van der Waals surface area contributed by atoms with Crippen molar-refractivity contribution in [1.29, 1.82) is 0 Å². The first-order chi connectivity index (χ1) is 11.6. The van der Waals surface area contributed by atoms with E-state index >= 15 is 0 Å². The Morgan fingerprint density at radius 2 is 1.75 bits per heavy atom. The topological polar surface area (TPSA) is 65.5 Å². The van der Waals surface area contributed by atoms with Gasteiger partial charge in [-0.3, -0.25) is 4.79 Å². The van der Waals surface area contributed by atoms with Crippen molar-refractivity contribution in [3.8, 4) is 0 Å². The molecule has 5 nitrogen and oxygen atoms in total. The standard InChI is InChI=1S/C19H32N4O/c1-5-15(6-2)13-22-19(21-8-4)23-14-16-10-9-11-17(12-16)18(24)20-7-3/h9-12,15H,5-8,13-14H2,1-4H3,(H,20,24)(H2,21,22,23). The molecule has 0 spiro atoms. The summed E-state index contributed by atoms with van der Waals surface area (Å²) in [4.78, 5) is 16.5. The van der Waals surface area contributed by atoms with Gasteiger partial charge in [0, 0.05) is 25.2 Å². The van der Waals surface area contributed by atoms with Gasteiger partial charge in [0.25, 0.3) is 5.91 Å². The average Bonchev–Trinajstić information content (AvgIpc) is 2.60. The molecule has 0 atom stereocenters. The van der Waals surface area contributed by atoms with E-state index < -0.39 is 0 Å². The van der Waals surface area contributed by atoms with Crippen LogP contribution >= 0.6 is 0 Å². The normalized spacial score (nSPS) is 11.5. The molecule has 0 aliphatic heterocycles. The van der Waals surface area contributed by atoms with Crippen molar-refractivity contribution in [2.24, 2.45) is 10.9 Å². The van der Waals surface area contributed by atoms with Gasteiger partial charge in [-0.1, -0.05) is 38.8 Å². The fraction of sp³-hybridized carbons (Fsp3) is 0.579. The zero-order valence-corrected chi connectivity index (χ0v) is 15.5. The predicted octanol–water partition coefficient (Wildman–Crippen LogP) is 2.93. The van der Waals surface area contributed by atoms with Gasteiger partial charge in [0.15, 0.2) is 5.96 Å². The summed E-state index contributed by atoms with van der Waals surface area (Å²) >= 11 is 0. The van der Waals surface area contributed by atoms with E-state index in [1.807, 2.05) is 31.2 Å². The molecule has 3 N–H and O–H groups in total. The molecule has 1 rings (SSSR count). The van der Waals surface area contributed by atoms with Crippen molar-refractivity contribution in [3.05, 3.63) is 35.4 Å². The van der Waals surface area contributed by atoms with Gasteiger partial charge < -0.3 is 16.0 Å². The molecule has 1 aromatic rings. The number of nitrogens with zero attached hydrogens (tertiary/aromatic N) is 1. The second-order valence-electron chi connectivity index (χ2n) is 5.82. The Morgan fingerprint density at radius 3 is 2.38 bits per heavy atom. The van der Waals surface area contributed by atoms with E-state index in [0.717, 1.165) is 37.5 Å². The molecule has 0 saturated carbocycles. The predicted molar refractivity (Wildman–Crippen MR) is 101 cm³/mol. The largest absolute Gasteiger partial charge is 0.357 e. The minimum Gasteiger partial charge on any atom is -0.357 e. The Kier molecular flexibility index (Phi) is 9.58. The number of hydrogen-bond donors (Lipinski definition) is 3. The molecule has 0 aliphatic carbocycles. The van der Waals surface area contributed by atoms with Crippen LogP contribution in [0.3, 0.4) is 0 Å². The highest BCUT2D eigenvalue weighted by atomic mass is 16.1. The van der Waals surface area contributed by atoms with E-state index in [-0.39, 0.29) is 5.91 Å². The third-order valence-electron chi connectivity index (χ3n) is 4.00. The summed E-state index contributed by atoms with van der Waals surface area (Å²) < 4.78 is 0. The van der Waals surface area contributed by atoms with Gasteiger partial charge in [-0.15, -0.1) is 0 Å². The Hall–Kier alpha value is -2.04. The first-order valence-electron chi connectivity index (χ1n) is 9.03. The number of rotatable bonds is 9. The SMILES string of the molecule is CCNC(=O)c1cccc(CN=C(NCC)NCC(CC)CC)c1. The Bertz CT molecular complexity index is 524. The van der Waals surface area contributed by atoms with Gasteiger partial charge in [0.2, 0.25) is 0 Å². The minimum atomic E-state index is -0.0397. The molecular weight excluding hydrogens is 300 g/mol. The molecule has 0 heterocycles. The number of carbonyl (C=O) groups excluding carboxylic acids is 1. The van der Waals surface area contributed by atoms with E-state index in [2.05, 4.69) is 41.7 Å². The first-order valence-corrected chi connectivity index (χ1v) is 9.03. The lowest BCUT2D eigenvalue weighted by Crippen LogP contribution is -2.39. The van der Waals surface area contributed by atoms with E-state index in [4.69, 9.17) is 0 Å². The first kappa shape index (κ1) is 20.0. The zero-order chi connectivity index (χ0) is 17.8. The molecule has 0 radical (unpaired) electrons. The third kappa shape index (κ3) is 7.02. The quantitative estimate of drug-likeness (QED) is 0.481. The number of amides is 1. The van der Waals surface area contributed by atoms with Gasteiger partial charge in [-0.2, -0.15) is 0 Å². The van der Waals surface area contributed by atoms with E-state index in [1.165, 1.54) is 0 Å². The number of benzene rings is 1. The molecule has 1 aromatic carbocycles. The van der Waals surface area contributed by atoms with Crippen LogP contribution in [0.5, 0.6) is 0 Å². The van der Waals surface area contributed by atoms with Crippen molar-refractivity contribution >= 4 is 11.9 Å². The summed E-state index contributed by atoms with van der Waals surface area (Å²) in [6, 6.07) is 7.63. The number of nitrogens with one attached hydrogen (secondary N) is 3. The third-order valence-corrected chi connectivity index (χ3v) is 4.00. The smallest absolute Gasteiger partial charge is 0.251 e. The highest BCUT2D eigenvalue weighted by Gasteiger charge is 2.06. The van der Waals surface area contributed by atoms with Crippen molar-refractivity contribution in [2.75, 3.05) is 19.6 Å². The maximum atomic E-state index is 11.9. The van der Waals surface area contributed by atoms with Gasteiger partial charge in [-0.05, 0) is 37.5 Å². The number of hydrogen-bond acceptors (Lipinski definition) is 2. The van der Waals surface area contributed by atoms with Crippen LogP contribution in [0.4, 0.5) is 0 Å². The maximum Gasteiger partial charge on any atom is 0.251 e. The summed E-state index contributed by atoms with van der Waals surface area (Å²) in [5.74, 6) is 1.45. The van der Waals surface area contributed by atoms with Crippen molar-refractivity contribution in [2.45, 2.75) is 47.1 Å². The van der Waals surface area contributed by atoms with Crippen molar-refractivity contribution in [1.82, 2.24) is 16.0 Å². The summed E-state index contributed by atoms with van der Waals surface area (Å²) in [7, 11) is 0. The van der Waals surface area contributed by atoms with Crippen LogP contribution in [-0.2, 0) is 6.54 Å². The number of aliphatic imine (C=N–C) groups is 1. The van der Waals surface area contributed by atoms with Crippen LogP contribution in [0, 0.1) is 5.92 Å². The summed E-state index contributed by atoms with van der Waals surface area (Å²) in [5.41, 5.74) is 1.71. The number of guanidine groups is 1. The van der Waals surface area contributed by atoms with Crippen molar-refractivity contribution in [3.63, 3.8) is 0 Å². The molecule has 0 saturated heterocycles. The van der Waals surface area contributed by atoms with Crippen molar-refractivity contribution < 1.29 is 4.79 Å². The van der Waals surface area contributed by atoms with Crippen LogP contribution in [0.1, 0.15) is 56.5 Å². The van der Waals surface area contributed by atoms with Crippen LogP contribution < -0.4 is 16.0 Å². The molecule has 0 fully saturated rings. The van der Waals surface area contributed by atoms with Gasteiger partial charge >= 0.3 is 0 Å². The Morgan fingerprint density at radius 1 is 1.04 bits per heavy atom. The van der Waals surface area contributed by atoms with E-state index in [0.29, 0.717) is 24.6 Å². The van der Waals surface area contributed by atoms with Crippen LogP contribution in [-0.4, -0.2) is 31.5 Å². The second kappa shape index (κ2) is 11.5.